The van der Waals surface area contributed by atoms with Gasteiger partial charge >= 0.3 is 0 Å². The van der Waals surface area contributed by atoms with Crippen LogP contribution in [0.2, 0.25) is 0 Å². The van der Waals surface area contributed by atoms with E-state index in [0.29, 0.717) is 24.7 Å². The third-order valence-electron chi connectivity index (χ3n) is 5.81. The molecule has 1 N–H and O–H groups in total. The van der Waals surface area contributed by atoms with Crippen LogP contribution < -0.4 is 10.1 Å². The Morgan fingerprint density at radius 2 is 2.10 bits per heavy atom. The van der Waals surface area contributed by atoms with Gasteiger partial charge in [-0.25, -0.2) is 0 Å². The van der Waals surface area contributed by atoms with Gasteiger partial charge in [0.1, 0.15) is 5.75 Å². The Hall–Kier alpha value is -2.90. The highest BCUT2D eigenvalue weighted by atomic mass is 16.5. The fraction of sp³-hybridized carbons (Fsp3) is 0.545. The predicted molar refractivity (Wildman–Crippen MR) is 111 cm³/mol. The molecule has 1 aromatic heterocycles. The van der Waals surface area contributed by atoms with Crippen molar-refractivity contribution >= 4 is 11.8 Å². The molecule has 0 bridgehead atoms. The smallest absolute Gasteiger partial charge is 0.273 e. The predicted octanol–water partition coefficient (Wildman–Crippen LogP) is 2.19. The van der Waals surface area contributed by atoms with Gasteiger partial charge < -0.3 is 15.0 Å². The van der Waals surface area contributed by atoms with Crippen LogP contribution in [0.4, 0.5) is 0 Å². The maximum absolute atomic E-state index is 13.0. The molecule has 1 aliphatic carbocycles. The van der Waals surface area contributed by atoms with Crippen LogP contribution >= 0.6 is 0 Å². The number of methoxy groups -OCH3 is 1. The molecule has 1 atom stereocenters. The minimum Gasteiger partial charge on any atom is -0.497 e. The highest BCUT2D eigenvalue weighted by Gasteiger charge is 2.27. The van der Waals surface area contributed by atoms with E-state index in [9.17, 15) is 9.59 Å². The summed E-state index contributed by atoms with van der Waals surface area (Å²) in [7, 11) is 1.63. The van der Waals surface area contributed by atoms with E-state index in [-0.39, 0.29) is 17.9 Å². The van der Waals surface area contributed by atoms with Crippen LogP contribution in [0.25, 0.3) is 0 Å². The first-order valence-corrected chi connectivity index (χ1v) is 10.8. The molecule has 8 heteroatoms. The van der Waals surface area contributed by atoms with E-state index in [4.69, 9.17) is 4.74 Å². The van der Waals surface area contributed by atoms with Crippen LogP contribution in [0.3, 0.4) is 0 Å². The normalized spacial score (nSPS) is 18.8. The van der Waals surface area contributed by atoms with E-state index in [1.54, 1.807) is 18.0 Å². The van der Waals surface area contributed by atoms with Gasteiger partial charge in [-0.05, 0) is 56.2 Å². The van der Waals surface area contributed by atoms with Crippen LogP contribution in [0.5, 0.6) is 5.75 Å². The van der Waals surface area contributed by atoms with Crippen molar-refractivity contribution in [1.29, 1.82) is 0 Å². The van der Waals surface area contributed by atoms with Gasteiger partial charge in [-0.3, -0.25) is 14.3 Å². The summed E-state index contributed by atoms with van der Waals surface area (Å²) in [5.41, 5.74) is 1.32. The number of hydrogen-bond acceptors (Lipinski definition) is 5. The summed E-state index contributed by atoms with van der Waals surface area (Å²) in [6.45, 7) is 1.43. The molecule has 0 radical (unpaired) electrons. The van der Waals surface area contributed by atoms with Crippen molar-refractivity contribution in [3.05, 3.63) is 41.7 Å². The monoisotopic (exact) mass is 411 g/mol. The lowest BCUT2D eigenvalue weighted by Crippen LogP contribution is -2.44. The zero-order chi connectivity index (χ0) is 20.9. The molecule has 2 aromatic rings. The minimum absolute atomic E-state index is 0.149. The van der Waals surface area contributed by atoms with Crippen LogP contribution in [0.15, 0.2) is 30.5 Å². The molecular formula is C22H29N5O3. The summed E-state index contributed by atoms with van der Waals surface area (Å²) in [5.74, 6) is 0.760. The van der Waals surface area contributed by atoms with Crippen molar-refractivity contribution in [2.24, 2.45) is 0 Å². The second kappa shape index (κ2) is 9.28. The van der Waals surface area contributed by atoms with Crippen molar-refractivity contribution in [2.45, 2.75) is 63.6 Å². The van der Waals surface area contributed by atoms with E-state index in [0.717, 1.165) is 56.4 Å². The Labute approximate surface area is 176 Å². The second-order valence-electron chi connectivity index (χ2n) is 8.17. The summed E-state index contributed by atoms with van der Waals surface area (Å²) in [4.78, 5) is 27.1. The number of piperidine rings is 1. The van der Waals surface area contributed by atoms with E-state index in [2.05, 4.69) is 15.6 Å². The average Bonchev–Trinajstić information content (AvgIpc) is 3.45. The molecule has 0 spiro atoms. The molecule has 1 unspecified atom stereocenters. The fourth-order valence-electron chi connectivity index (χ4n) is 3.97. The molecule has 2 fully saturated rings. The lowest BCUT2D eigenvalue weighted by atomic mass is 9.98. The van der Waals surface area contributed by atoms with E-state index in [1.165, 1.54) is 0 Å². The van der Waals surface area contributed by atoms with Gasteiger partial charge in [0, 0.05) is 25.2 Å². The molecular weight excluding hydrogens is 382 g/mol. The molecule has 160 valence electrons. The number of carbonyl (C=O) groups is 2. The molecule has 2 amide bonds. The molecule has 1 saturated heterocycles. The number of aryl methyl sites for hydroxylation is 1. The third kappa shape index (κ3) is 5.17. The highest BCUT2D eigenvalue weighted by Crippen LogP contribution is 2.22. The molecule has 1 aliphatic heterocycles. The molecule has 1 aromatic carbocycles. The van der Waals surface area contributed by atoms with Crippen LogP contribution in [0, 0.1) is 0 Å². The summed E-state index contributed by atoms with van der Waals surface area (Å²) in [6, 6.07) is 8.16. The van der Waals surface area contributed by atoms with Crippen molar-refractivity contribution in [2.75, 3.05) is 13.7 Å². The number of ether oxygens (including phenoxy) is 1. The SMILES string of the molecule is COc1cccc(CC(=O)N2CCCCC2CCn2cc(C(=O)NC3CC3)nn2)c1. The zero-order valence-corrected chi connectivity index (χ0v) is 17.4. The van der Waals surface area contributed by atoms with Crippen LogP contribution in [-0.2, 0) is 17.8 Å². The first-order chi connectivity index (χ1) is 14.6. The van der Waals surface area contributed by atoms with E-state index in [1.807, 2.05) is 29.2 Å². The van der Waals surface area contributed by atoms with Gasteiger partial charge in [0.05, 0.1) is 19.7 Å². The van der Waals surface area contributed by atoms with Crippen LogP contribution in [0.1, 0.15) is 54.6 Å². The Bertz CT molecular complexity index is 892. The zero-order valence-electron chi connectivity index (χ0n) is 17.4. The number of benzene rings is 1. The van der Waals surface area contributed by atoms with Gasteiger partial charge in [-0.15, -0.1) is 5.10 Å². The van der Waals surface area contributed by atoms with Crippen molar-refractivity contribution in [3.63, 3.8) is 0 Å². The number of likely N-dealkylation sites (tertiary alicyclic amines) is 1. The molecule has 4 rings (SSSR count). The van der Waals surface area contributed by atoms with Crippen molar-refractivity contribution in [1.82, 2.24) is 25.2 Å². The number of nitrogens with zero attached hydrogens (tertiary/aromatic N) is 4. The summed E-state index contributed by atoms with van der Waals surface area (Å²) < 4.78 is 6.97. The summed E-state index contributed by atoms with van der Waals surface area (Å²) in [6.07, 6.45) is 8.12. The lowest BCUT2D eigenvalue weighted by Gasteiger charge is -2.36. The number of nitrogens with one attached hydrogen (secondary N) is 1. The van der Waals surface area contributed by atoms with Crippen molar-refractivity contribution in [3.8, 4) is 5.75 Å². The average molecular weight is 412 g/mol. The molecule has 8 nitrogen and oxygen atoms in total. The maximum atomic E-state index is 13.0. The number of rotatable bonds is 8. The lowest BCUT2D eigenvalue weighted by molar-refractivity contribution is -0.134. The number of amides is 2. The Morgan fingerprint density at radius 3 is 2.90 bits per heavy atom. The van der Waals surface area contributed by atoms with Crippen LogP contribution in [-0.4, -0.2) is 57.4 Å². The second-order valence-corrected chi connectivity index (χ2v) is 8.17. The Kier molecular flexibility index (Phi) is 6.30. The van der Waals surface area contributed by atoms with E-state index >= 15 is 0 Å². The number of hydrogen-bond donors (Lipinski definition) is 1. The van der Waals surface area contributed by atoms with E-state index < -0.39 is 0 Å². The molecule has 30 heavy (non-hydrogen) atoms. The van der Waals surface area contributed by atoms with Gasteiger partial charge in [0.2, 0.25) is 5.91 Å². The van der Waals surface area contributed by atoms with Gasteiger partial charge in [-0.1, -0.05) is 17.3 Å². The number of aromatic nitrogens is 3. The quantitative estimate of drug-likeness (QED) is 0.719. The third-order valence-corrected chi connectivity index (χ3v) is 5.81. The first kappa shape index (κ1) is 20.4. The molecule has 2 aliphatic rings. The summed E-state index contributed by atoms with van der Waals surface area (Å²) in [5, 5.41) is 11.0. The topological polar surface area (TPSA) is 89.4 Å². The molecule has 2 heterocycles. The minimum atomic E-state index is -0.156. The maximum Gasteiger partial charge on any atom is 0.273 e. The molecule has 1 saturated carbocycles. The Morgan fingerprint density at radius 1 is 1.23 bits per heavy atom. The van der Waals surface area contributed by atoms with Gasteiger partial charge in [-0.2, -0.15) is 0 Å². The largest absolute Gasteiger partial charge is 0.497 e. The summed E-state index contributed by atoms with van der Waals surface area (Å²) >= 11 is 0. The standard InChI is InChI=1S/C22H29N5O3/c1-30-19-7-4-5-16(13-19)14-21(28)27-11-3-2-6-18(27)10-12-26-15-20(24-25-26)22(29)23-17-8-9-17/h4-5,7,13,15,17-18H,2-3,6,8-12,14H2,1H3,(H,23,29). The fourth-order valence-corrected chi connectivity index (χ4v) is 3.97. The Balaban J connectivity index is 1.33. The first-order valence-electron chi connectivity index (χ1n) is 10.8. The highest BCUT2D eigenvalue weighted by molar-refractivity contribution is 5.92. The van der Waals surface area contributed by atoms with Crippen molar-refractivity contribution < 1.29 is 14.3 Å². The van der Waals surface area contributed by atoms with Gasteiger partial charge in [0.15, 0.2) is 5.69 Å². The number of carbonyl (C=O) groups excluding carboxylic acids is 2. The van der Waals surface area contributed by atoms with Gasteiger partial charge in [0.25, 0.3) is 5.91 Å².